The number of nitrogens with one attached hydrogen (secondary N) is 1. The number of urea groups is 1. The molecule has 2 aliphatic heterocycles. The van der Waals surface area contributed by atoms with Crippen molar-refractivity contribution in [1.29, 1.82) is 0 Å². The Balaban J connectivity index is 1.50. The summed E-state index contributed by atoms with van der Waals surface area (Å²) in [7, 11) is 1.51. The summed E-state index contributed by atoms with van der Waals surface area (Å²) in [6.07, 6.45) is 3.69. The Bertz CT molecular complexity index is 782. The molecule has 1 aromatic heterocycles. The Kier molecular flexibility index (Phi) is 3.57. The summed E-state index contributed by atoms with van der Waals surface area (Å²) >= 11 is 0. The predicted molar refractivity (Wildman–Crippen MR) is 86.7 cm³/mol. The van der Waals surface area contributed by atoms with E-state index in [9.17, 15) is 4.79 Å². The highest BCUT2D eigenvalue weighted by Gasteiger charge is 2.46. The zero-order valence-electron chi connectivity index (χ0n) is 13.4. The van der Waals surface area contributed by atoms with Gasteiger partial charge in [0.05, 0.1) is 26.5 Å². The first kappa shape index (κ1) is 14.9. The first-order valence-corrected chi connectivity index (χ1v) is 7.84. The molecule has 3 heterocycles. The lowest BCUT2D eigenvalue weighted by atomic mass is 9.92. The summed E-state index contributed by atoms with van der Waals surface area (Å²) < 4.78 is 11.2. The van der Waals surface area contributed by atoms with Crippen LogP contribution in [0.3, 0.4) is 0 Å². The van der Waals surface area contributed by atoms with Crippen LogP contribution in [0.4, 0.5) is 10.5 Å². The van der Waals surface area contributed by atoms with Gasteiger partial charge in [0.1, 0.15) is 17.6 Å². The molecule has 7 heteroatoms. The maximum atomic E-state index is 12.6. The van der Waals surface area contributed by atoms with E-state index in [0.717, 1.165) is 6.42 Å². The summed E-state index contributed by atoms with van der Waals surface area (Å²) in [5, 5.41) is 2.82. The second kappa shape index (κ2) is 5.76. The van der Waals surface area contributed by atoms with E-state index < -0.39 is 0 Å². The maximum Gasteiger partial charge on any atom is 0.322 e. The van der Waals surface area contributed by atoms with E-state index >= 15 is 0 Å². The molecule has 0 bridgehead atoms. The number of carbonyl (C=O) groups excluding carboxylic acids is 1. The average Bonchev–Trinajstić information content (AvgIpc) is 3.21. The number of amides is 2. The Morgan fingerprint density at radius 3 is 3.17 bits per heavy atom. The molecule has 1 N–H and O–H groups in total. The molecule has 2 amide bonds. The van der Waals surface area contributed by atoms with E-state index in [-0.39, 0.29) is 11.6 Å². The monoisotopic (exact) mass is 326 g/mol. The number of hydrogen-bond donors (Lipinski definition) is 1. The summed E-state index contributed by atoms with van der Waals surface area (Å²) in [5.41, 5.74) is 2.48. The molecule has 0 radical (unpaired) electrons. The van der Waals surface area contributed by atoms with Gasteiger partial charge in [-0.25, -0.2) is 9.78 Å². The number of benzene rings is 1. The minimum atomic E-state index is -0.384. The van der Waals surface area contributed by atoms with Crippen molar-refractivity contribution in [2.45, 2.75) is 18.6 Å². The number of aromatic nitrogens is 2. The third kappa shape index (κ3) is 2.37. The van der Waals surface area contributed by atoms with Gasteiger partial charge in [0.2, 0.25) is 5.88 Å². The lowest BCUT2D eigenvalue weighted by Crippen LogP contribution is -2.37. The van der Waals surface area contributed by atoms with Crippen molar-refractivity contribution in [2.75, 3.05) is 25.5 Å². The molecule has 1 fully saturated rings. The standard InChI is InChI=1S/C17H18N4O3/c1-23-15-14(8-18-11-19-15)20-16(22)21-7-6-17(10-21)13-5-3-2-4-12(13)9-24-17/h2-5,8,11H,6-7,9-10H2,1H3,(H,20,22). The molecule has 1 spiro atoms. The van der Waals surface area contributed by atoms with Crippen LogP contribution in [-0.2, 0) is 16.9 Å². The van der Waals surface area contributed by atoms with Gasteiger partial charge in [0.15, 0.2) is 0 Å². The van der Waals surface area contributed by atoms with Crippen LogP contribution < -0.4 is 10.1 Å². The summed E-state index contributed by atoms with van der Waals surface area (Å²) in [4.78, 5) is 22.3. The molecule has 1 aromatic carbocycles. The van der Waals surface area contributed by atoms with E-state index in [1.807, 2.05) is 12.1 Å². The first-order valence-electron chi connectivity index (χ1n) is 7.84. The fourth-order valence-electron chi connectivity index (χ4n) is 3.44. The topological polar surface area (TPSA) is 76.6 Å². The minimum absolute atomic E-state index is 0.201. The highest BCUT2D eigenvalue weighted by molar-refractivity contribution is 5.90. The molecule has 0 aliphatic carbocycles. The lowest BCUT2D eigenvalue weighted by molar-refractivity contribution is -0.0269. The molecule has 24 heavy (non-hydrogen) atoms. The number of ether oxygens (including phenoxy) is 2. The van der Waals surface area contributed by atoms with Crippen LogP contribution in [0, 0.1) is 0 Å². The number of hydrogen-bond acceptors (Lipinski definition) is 5. The fourth-order valence-corrected chi connectivity index (χ4v) is 3.44. The number of fused-ring (bicyclic) bond motifs is 2. The van der Waals surface area contributed by atoms with Gasteiger partial charge < -0.3 is 19.7 Å². The van der Waals surface area contributed by atoms with Crippen LogP contribution >= 0.6 is 0 Å². The van der Waals surface area contributed by atoms with Crippen molar-refractivity contribution >= 4 is 11.7 Å². The molecule has 7 nitrogen and oxygen atoms in total. The molecule has 1 unspecified atom stereocenters. The molecule has 1 saturated heterocycles. The Morgan fingerprint density at radius 2 is 2.29 bits per heavy atom. The van der Waals surface area contributed by atoms with E-state index in [4.69, 9.17) is 9.47 Å². The summed E-state index contributed by atoms with van der Waals surface area (Å²) in [6, 6.07) is 8.01. The molecule has 4 rings (SSSR count). The Labute approximate surface area is 139 Å². The fraction of sp³-hybridized carbons (Fsp3) is 0.353. The molecule has 2 aromatic rings. The number of rotatable bonds is 2. The molecule has 124 valence electrons. The van der Waals surface area contributed by atoms with E-state index in [2.05, 4.69) is 27.4 Å². The molecule has 1 atom stereocenters. The largest absolute Gasteiger partial charge is 0.479 e. The number of methoxy groups -OCH3 is 1. The van der Waals surface area contributed by atoms with Crippen molar-refractivity contribution in [3.05, 3.63) is 47.9 Å². The zero-order chi connectivity index (χ0) is 16.6. The van der Waals surface area contributed by atoms with Gasteiger partial charge in [0, 0.05) is 13.0 Å². The maximum absolute atomic E-state index is 12.6. The van der Waals surface area contributed by atoms with Gasteiger partial charge in [0.25, 0.3) is 0 Å². The van der Waals surface area contributed by atoms with Crippen LogP contribution in [0.15, 0.2) is 36.8 Å². The smallest absolute Gasteiger partial charge is 0.322 e. The van der Waals surface area contributed by atoms with Crippen molar-refractivity contribution in [2.24, 2.45) is 0 Å². The third-order valence-electron chi connectivity index (χ3n) is 4.64. The van der Waals surface area contributed by atoms with E-state index in [0.29, 0.717) is 31.3 Å². The van der Waals surface area contributed by atoms with Gasteiger partial charge in [-0.1, -0.05) is 24.3 Å². The van der Waals surface area contributed by atoms with Gasteiger partial charge in [-0.05, 0) is 11.1 Å². The summed E-state index contributed by atoms with van der Waals surface area (Å²) in [5.74, 6) is 0.342. The highest BCUT2D eigenvalue weighted by Crippen LogP contribution is 2.43. The van der Waals surface area contributed by atoms with Crippen LogP contribution in [0.2, 0.25) is 0 Å². The molecular formula is C17H18N4O3. The van der Waals surface area contributed by atoms with Crippen LogP contribution in [-0.4, -0.2) is 41.1 Å². The van der Waals surface area contributed by atoms with Crippen LogP contribution in [0.25, 0.3) is 0 Å². The van der Waals surface area contributed by atoms with Gasteiger partial charge in [-0.15, -0.1) is 0 Å². The normalized spacial score (nSPS) is 21.8. The van der Waals surface area contributed by atoms with Crippen LogP contribution in [0.5, 0.6) is 5.88 Å². The van der Waals surface area contributed by atoms with Gasteiger partial charge >= 0.3 is 6.03 Å². The molecule has 0 saturated carbocycles. The zero-order valence-corrected chi connectivity index (χ0v) is 13.4. The van der Waals surface area contributed by atoms with E-state index in [1.54, 1.807) is 4.90 Å². The SMILES string of the molecule is COc1ncncc1NC(=O)N1CCC2(C1)OCc1ccccc12. The number of likely N-dealkylation sites (tertiary alicyclic amines) is 1. The second-order valence-corrected chi connectivity index (χ2v) is 5.99. The van der Waals surface area contributed by atoms with Crippen molar-refractivity contribution < 1.29 is 14.3 Å². The Morgan fingerprint density at radius 1 is 1.42 bits per heavy atom. The van der Waals surface area contributed by atoms with Crippen molar-refractivity contribution in [3.8, 4) is 5.88 Å². The number of carbonyl (C=O) groups is 1. The lowest BCUT2D eigenvalue weighted by Gasteiger charge is -2.25. The number of anilines is 1. The Hall–Kier alpha value is -2.67. The van der Waals surface area contributed by atoms with Gasteiger partial charge in [-0.3, -0.25) is 0 Å². The quantitative estimate of drug-likeness (QED) is 0.915. The van der Waals surface area contributed by atoms with Crippen LogP contribution in [0.1, 0.15) is 17.5 Å². The highest BCUT2D eigenvalue weighted by atomic mass is 16.5. The van der Waals surface area contributed by atoms with E-state index in [1.165, 1.54) is 30.8 Å². The van der Waals surface area contributed by atoms with Gasteiger partial charge in [-0.2, -0.15) is 4.98 Å². The second-order valence-electron chi connectivity index (χ2n) is 5.99. The molecule has 2 aliphatic rings. The third-order valence-corrected chi connectivity index (χ3v) is 4.64. The number of nitrogens with zero attached hydrogens (tertiary/aromatic N) is 3. The minimum Gasteiger partial charge on any atom is -0.479 e. The van der Waals surface area contributed by atoms with Crippen molar-refractivity contribution in [3.63, 3.8) is 0 Å². The summed E-state index contributed by atoms with van der Waals surface area (Å²) in [6.45, 7) is 1.77. The first-order chi connectivity index (χ1) is 11.7. The average molecular weight is 326 g/mol. The molecular weight excluding hydrogens is 308 g/mol. The predicted octanol–water partition coefficient (Wildman–Crippen LogP) is 2.15. The van der Waals surface area contributed by atoms with Crippen molar-refractivity contribution in [1.82, 2.24) is 14.9 Å².